The third kappa shape index (κ3) is 4.85. The molecule has 4 nitrogen and oxygen atoms in total. The van der Waals surface area contributed by atoms with Gasteiger partial charge in [-0.3, -0.25) is 0 Å². The summed E-state index contributed by atoms with van der Waals surface area (Å²) in [4.78, 5) is 0. The van der Waals surface area contributed by atoms with Crippen molar-refractivity contribution in [1.29, 1.82) is 0 Å². The van der Waals surface area contributed by atoms with Crippen LogP contribution >= 0.6 is 12.4 Å². The molecule has 1 aromatic carbocycles. The number of benzene rings is 1. The van der Waals surface area contributed by atoms with Gasteiger partial charge in [0.2, 0.25) is 0 Å². The van der Waals surface area contributed by atoms with E-state index in [1.165, 1.54) is 30.4 Å². The maximum atomic E-state index is 5.65. The van der Waals surface area contributed by atoms with Crippen LogP contribution in [0.4, 0.5) is 0 Å². The summed E-state index contributed by atoms with van der Waals surface area (Å²) < 4.78 is 11.1. The number of morpholine rings is 1. The molecule has 5 heteroatoms. The Bertz CT molecular complexity index is 506. The molecule has 3 rings (SSSR count). The third-order valence-corrected chi connectivity index (χ3v) is 5.33. The lowest BCUT2D eigenvalue weighted by Crippen LogP contribution is -2.51. The minimum absolute atomic E-state index is 0. The Kier molecular flexibility index (Phi) is 7.82. The van der Waals surface area contributed by atoms with Gasteiger partial charge < -0.3 is 20.1 Å². The lowest BCUT2D eigenvalue weighted by Gasteiger charge is -2.33. The highest BCUT2D eigenvalue weighted by atomic mass is 35.5. The highest BCUT2D eigenvalue weighted by Crippen LogP contribution is 2.29. The minimum Gasteiger partial charge on any atom is -0.496 e. The van der Waals surface area contributed by atoms with Gasteiger partial charge in [0.1, 0.15) is 5.75 Å². The van der Waals surface area contributed by atoms with Crippen molar-refractivity contribution in [1.82, 2.24) is 10.6 Å². The quantitative estimate of drug-likeness (QED) is 0.824. The molecule has 24 heavy (non-hydrogen) atoms. The Balaban J connectivity index is 0.00000208. The van der Waals surface area contributed by atoms with Crippen molar-refractivity contribution < 1.29 is 9.47 Å². The first-order valence-corrected chi connectivity index (χ1v) is 8.96. The summed E-state index contributed by atoms with van der Waals surface area (Å²) in [7, 11) is 1.74. The second-order valence-corrected chi connectivity index (χ2v) is 6.84. The summed E-state index contributed by atoms with van der Waals surface area (Å²) in [5.74, 6) is 1.70. The van der Waals surface area contributed by atoms with E-state index in [2.05, 4.69) is 35.8 Å². The Morgan fingerprint density at radius 3 is 2.96 bits per heavy atom. The Hall–Kier alpha value is -0.810. The van der Waals surface area contributed by atoms with E-state index in [1.54, 1.807) is 7.11 Å². The molecule has 3 atom stereocenters. The number of ether oxygens (including phenoxy) is 2. The maximum absolute atomic E-state index is 5.65. The molecular weight excluding hydrogens is 324 g/mol. The van der Waals surface area contributed by atoms with Crippen LogP contribution in [-0.2, 0) is 11.2 Å². The van der Waals surface area contributed by atoms with Crippen LogP contribution in [0.5, 0.6) is 5.75 Å². The van der Waals surface area contributed by atoms with E-state index < -0.39 is 0 Å². The number of nitrogens with one attached hydrogen (secondary N) is 2. The molecule has 1 saturated heterocycles. The second-order valence-electron chi connectivity index (χ2n) is 6.84. The van der Waals surface area contributed by atoms with Crippen molar-refractivity contribution in [2.24, 2.45) is 5.92 Å². The first kappa shape index (κ1) is 19.5. The van der Waals surface area contributed by atoms with E-state index in [9.17, 15) is 0 Å². The van der Waals surface area contributed by atoms with Gasteiger partial charge >= 0.3 is 0 Å². The van der Waals surface area contributed by atoms with Crippen LogP contribution in [0, 0.1) is 12.8 Å². The SMILES string of the molecule is COc1cc(CCNC2CCCC2C2COCCN2)ccc1C.Cl. The molecule has 2 N–H and O–H groups in total. The topological polar surface area (TPSA) is 42.5 Å². The Labute approximate surface area is 152 Å². The van der Waals surface area contributed by atoms with Gasteiger partial charge in [0.05, 0.1) is 20.3 Å². The largest absolute Gasteiger partial charge is 0.496 e. The minimum atomic E-state index is 0. The van der Waals surface area contributed by atoms with E-state index in [0.29, 0.717) is 18.0 Å². The highest BCUT2D eigenvalue weighted by molar-refractivity contribution is 5.85. The van der Waals surface area contributed by atoms with Crippen LogP contribution in [0.1, 0.15) is 30.4 Å². The van der Waals surface area contributed by atoms with Crippen molar-refractivity contribution in [3.8, 4) is 5.75 Å². The third-order valence-electron chi connectivity index (χ3n) is 5.33. The van der Waals surface area contributed by atoms with Crippen LogP contribution in [-0.4, -0.2) is 45.5 Å². The molecule has 0 radical (unpaired) electrons. The van der Waals surface area contributed by atoms with Crippen molar-refractivity contribution >= 4 is 12.4 Å². The molecule has 2 aliphatic rings. The zero-order valence-corrected chi connectivity index (χ0v) is 15.7. The monoisotopic (exact) mass is 354 g/mol. The molecule has 1 heterocycles. The summed E-state index contributed by atoms with van der Waals surface area (Å²) in [6, 6.07) is 7.68. The average Bonchev–Trinajstić information content (AvgIpc) is 3.05. The van der Waals surface area contributed by atoms with Crippen LogP contribution in [0.15, 0.2) is 18.2 Å². The van der Waals surface area contributed by atoms with Crippen LogP contribution in [0.25, 0.3) is 0 Å². The molecule has 0 spiro atoms. The van der Waals surface area contributed by atoms with Gasteiger partial charge in [0.25, 0.3) is 0 Å². The summed E-state index contributed by atoms with van der Waals surface area (Å²) >= 11 is 0. The standard InChI is InChI=1S/C19H30N2O2.ClH/c1-14-6-7-15(12-19(14)22-2)8-9-20-17-5-3-4-16(17)18-13-23-11-10-21-18;/h6-7,12,16-18,20-21H,3-5,8-11,13H2,1-2H3;1H. The summed E-state index contributed by atoms with van der Waals surface area (Å²) in [5, 5.41) is 7.43. The molecule has 0 aromatic heterocycles. The molecular formula is C19H31ClN2O2. The van der Waals surface area contributed by atoms with E-state index >= 15 is 0 Å². The number of hydrogen-bond acceptors (Lipinski definition) is 4. The maximum Gasteiger partial charge on any atom is 0.122 e. The zero-order chi connectivity index (χ0) is 16.1. The smallest absolute Gasteiger partial charge is 0.122 e. The van der Waals surface area contributed by atoms with Crippen LogP contribution in [0.3, 0.4) is 0 Å². The van der Waals surface area contributed by atoms with E-state index in [4.69, 9.17) is 9.47 Å². The molecule has 0 bridgehead atoms. The fourth-order valence-corrected chi connectivity index (χ4v) is 4.01. The molecule has 3 unspecified atom stereocenters. The normalized spacial score (nSPS) is 26.8. The molecule has 1 aliphatic carbocycles. The van der Waals surface area contributed by atoms with Gasteiger partial charge in [0.15, 0.2) is 0 Å². The van der Waals surface area contributed by atoms with Crippen molar-refractivity contribution in [2.45, 2.75) is 44.7 Å². The number of methoxy groups -OCH3 is 1. The van der Waals surface area contributed by atoms with Crippen molar-refractivity contribution in [3.63, 3.8) is 0 Å². The van der Waals surface area contributed by atoms with Gasteiger partial charge in [-0.05, 0) is 55.8 Å². The van der Waals surface area contributed by atoms with Gasteiger partial charge in [-0.2, -0.15) is 0 Å². The molecule has 2 fully saturated rings. The summed E-state index contributed by atoms with van der Waals surface area (Å²) in [6.45, 7) is 5.84. The number of rotatable bonds is 6. The molecule has 0 amide bonds. The van der Waals surface area contributed by atoms with Crippen molar-refractivity contribution in [2.75, 3.05) is 33.4 Å². The second kappa shape index (κ2) is 9.62. The zero-order valence-electron chi connectivity index (χ0n) is 14.8. The molecule has 1 aliphatic heterocycles. The predicted octanol–water partition coefficient (Wildman–Crippen LogP) is 2.71. The fraction of sp³-hybridized carbons (Fsp3) is 0.684. The lowest BCUT2D eigenvalue weighted by molar-refractivity contribution is 0.0526. The lowest BCUT2D eigenvalue weighted by atomic mass is 9.94. The Morgan fingerprint density at radius 1 is 1.33 bits per heavy atom. The fourth-order valence-electron chi connectivity index (χ4n) is 4.01. The van der Waals surface area contributed by atoms with E-state index in [1.807, 2.05) is 0 Å². The average molecular weight is 355 g/mol. The van der Waals surface area contributed by atoms with E-state index in [0.717, 1.165) is 38.5 Å². The van der Waals surface area contributed by atoms with Gasteiger partial charge in [-0.25, -0.2) is 0 Å². The first-order valence-electron chi connectivity index (χ1n) is 8.96. The first-order chi connectivity index (χ1) is 11.3. The molecule has 136 valence electrons. The summed E-state index contributed by atoms with van der Waals surface area (Å²) in [6.07, 6.45) is 4.99. The number of hydrogen-bond donors (Lipinski definition) is 2. The predicted molar refractivity (Wildman–Crippen MR) is 100 cm³/mol. The van der Waals surface area contributed by atoms with Gasteiger partial charge in [-0.15, -0.1) is 12.4 Å². The number of halogens is 1. The van der Waals surface area contributed by atoms with Crippen molar-refractivity contribution in [3.05, 3.63) is 29.3 Å². The van der Waals surface area contributed by atoms with Crippen LogP contribution < -0.4 is 15.4 Å². The molecule has 1 aromatic rings. The van der Waals surface area contributed by atoms with Gasteiger partial charge in [0, 0.05) is 18.6 Å². The highest BCUT2D eigenvalue weighted by Gasteiger charge is 2.34. The Morgan fingerprint density at radius 2 is 2.21 bits per heavy atom. The van der Waals surface area contributed by atoms with E-state index in [-0.39, 0.29) is 12.4 Å². The molecule has 1 saturated carbocycles. The number of aryl methyl sites for hydroxylation is 1. The summed E-state index contributed by atoms with van der Waals surface area (Å²) in [5.41, 5.74) is 2.54. The van der Waals surface area contributed by atoms with Crippen LogP contribution in [0.2, 0.25) is 0 Å². The van der Waals surface area contributed by atoms with Gasteiger partial charge in [-0.1, -0.05) is 18.6 Å².